The summed E-state index contributed by atoms with van der Waals surface area (Å²) < 4.78 is 6.57. The first-order chi connectivity index (χ1) is 9.43. The van der Waals surface area contributed by atoms with Crippen molar-refractivity contribution < 1.29 is 4.74 Å². The lowest BCUT2D eigenvalue weighted by molar-refractivity contribution is 0.140. The second-order valence-corrected chi connectivity index (χ2v) is 6.28. The predicted molar refractivity (Wildman–Crippen MR) is 86.2 cm³/mol. The summed E-state index contributed by atoms with van der Waals surface area (Å²) >= 11 is 3.41. The van der Waals surface area contributed by atoms with E-state index in [4.69, 9.17) is 4.74 Å². The Hall–Kier alpha value is -0.680. The summed E-state index contributed by atoms with van der Waals surface area (Å²) in [6.07, 6.45) is 1.91. The van der Waals surface area contributed by atoms with Gasteiger partial charge in [0.2, 0.25) is 5.88 Å². The molecule has 0 N–H and O–H groups in total. The second-order valence-electron chi connectivity index (χ2n) is 5.47. The van der Waals surface area contributed by atoms with Crippen LogP contribution < -0.4 is 4.74 Å². The lowest BCUT2D eigenvalue weighted by atomic mass is 10.2. The molecule has 0 aliphatic heterocycles. The van der Waals surface area contributed by atoms with Crippen molar-refractivity contribution in [1.29, 1.82) is 0 Å². The molecular formula is C15H26BrN3O. The Balaban J connectivity index is 2.56. The predicted octanol–water partition coefficient (Wildman–Crippen LogP) is 3.69. The molecule has 0 aromatic carbocycles. The summed E-state index contributed by atoms with van der Waals surface area (Å²) in [5.41, 5.74) is 0. The summed E-state index contributed by atoms with van der Waals surface area (Å²) in [4.78, 5) is 11.2. The van der Waals surface area contributed by atoms with Crippen LogP contribution in [0, 0.1) is 0 Å². The first kappa shape index (κ1) is 17.4. The van der Waals surface area contributed by atoms with Gasteiger partial charge in [-0.2, -0.15) is 4.98 Å². The molecule has 0 saturated heterocycles. The SMILES string of the molecule is CCCc1nc(Br)cc(OCCN(C(C)C)C(C)C)n1. The maximum absolute atomic E-state index is 5.78. The number of nitrogens with zero attached hydrogens (tertiary/aromatic N) is 3. The summed E-state index contributed by atoms with van der Waals surface area (Å²) in [7, 11) is 0. The highest BCUT2D eigenvalue weighted by Gasteiger charge is 2.13. The average molecular weight is 344 g/mol. The van der Waals surface area contributed by atoms with Crippen LogP contribution in [0.15, 0.2) is 10.7 Å². The van der Waals surface area contributed by atoms with Crippen LogP contribution in [0.3, 0.4) is 0 Å². The van der Waals surface area contributed by atoms with Crippen molar-refractivity contribution in [2.75, 3.05) is 13.2 Å². The molecule has 0 amide bonds. The van der Waals surface area contributed by atoms with E-state index in [1.54, 1.807) is 0 Å². The highest BCUT2D eigenvalue weighted by molar-refractivity contribution is 9.10. The molecule has 1 heterocycles. The number of aryl methyl sites for hydroxylation is 1. The quantitative estimate of drug-likeness (QED) is 0.674. The minimum atomic E-state index is 0.520. The number of hydrogen-bond acceptors (Lipinski definition) is 4. The largest absolute Gasteiger partial charge is 0.476 e. The van der Waals surface area contributed by atoms with E-state index in [2.05, 4.69) is 65.4 Å². The van der Waals surface area contributed by atoms with E-state index >= 15 is 0 Å². The summed E-state index contributed by atoms with van der Waals surface area (Å²) in [6, 6.07) is 2.87. The standard InChI is InChI=1S/C15H26BrN3O/c1-6-7-14-17-13(16)10-15(18-14)20-9-8-19(11(2)3)12(4)5/h10-12H,6-9H2,1-5H3. The maximum Gasteiger partial charge on any atom is 0.217 e. The van der Waals surface area contributed by atoms with Gasteiger partial charge in [-0.05, 0) is 50.0 Å². The molecule has 0 bridgehead atoms. The Morgan fingerprint density at radius 2 is 1.85 bits per heavy atom. The van der Waals surface area contributed by atoms with Gasteiger partial charge in [-0.25, -0.2) is 4.98 Å². The lowest BCUT2D eigenvalue weighted by Gasteiger charge is -2.30. The molecule has 1 rings (SSSR count). The van der Waals surface area contributed by atoms with Crippen molar-refractivity contribution in [3.05, 3.63) is 16.5 Å². The average Bonchev–Trinajstić information content (AvgIpc) is 2.33. The van der Waals surface area contributed by atoms with Gasteiger partial charge in [0.25, 0.3) is 0 Å². The number of aromatic nitrogens is 2. The van der Waals surface area contributed by atoms with Crippen molar-refractivity contribution in [2.24, 2.45) is 0 Å². The van der Waals surface area contributed by atoms with Crippen LogP contribution in [0.5, 0.6) is 5.88 Å². The van der Waals surface area contributed by atoms with E-state index in [0.29, 0.717) is 24.6 Å². The van der Waals surface area contributed by atoms with E-state index in [9.17, 15) is 0 Å². The van der Waals surface area contributed by atoms with Crippen LogP contribution in [0.25, 0.3) is 0 Å². The normalized spacial score (nSPS) is 11.7. The molecule has 0 aliphatic rings. The lowest BCUT2D eigenvalue weighted by Crippen LogP contribution is -2.39. The van der Waals surface area contributed by atoms with E-state index < -0.39 is 0 Å². The first-order valence-electron chi connectivity index (χ1n) is 7.36. The molecule has 114 valence electrons. The fourth-order valence-electron chi connectivity index (χ4n) is 2.22. The number of ether oxygens (including phenoxy) is 1. The first-order valence-corrected chi connectivity index (χ1v) is 8.15. The Labute approximate surface area is 131 Å². The fraction of sp³-hybridized carbons (Fsp3) is 0.733. The van der Waals surface area contributed by atoms with Gasteiger partial charge in [-0.3, -0.25) is 4.90 Å². The fourth-order valence-corrected chi connectivity index (χ4v) is 2.62. The van der Waals surface area contributed by atoms with Crippen molar-refractivity contribution in [2.45, 2.75) is 59.5 Å². The van der Waals surface area contributed by atoms with Crippen molar-refractivity contribution in [3.63, 3.8) is 0 Å². The van der Waals surface area contributed by atoms with Crippen molar-refractivity contribution in [3.8, 4) is 5.88 Å². The number of hydrogen-bond donors (Lipinski definition) is 0. The number of halogens is 1. The highest BCUT2D eigenvalue weighted by atomic mass is 79.9. The molecule has 4 nitrogen and oxygen atoms in total. The van der Waals surface area contributed by atoms with Crippen LogP contribution >= 0.6 is 15.9 Å². The monoisotopic (exact) mass is 343 g/mol. The molecule has 1 aromatic heterocycles. The van der Waals surface area contributed by atoms with Crippen LogP contribution in [0.2, 0.25) is 0 Å². The molecular weight excluding hydrogens is 318 g/mol. The zero-order chi connectivity index (χ0) is 15.1. The Bertz CT molecular complexity index is 402. The molecule has 5 heteroatoms. The van der Waals surface area contributed by atoms with Crippen LogP contribution in [-0.4, -0.2) is 40.1 Å². The summed E-state index contributed by atoms with van der Waals surface area (Å²) in [5, 5.41) is 0. The highest BCUT2D eigenvalue weighted by Crippen LogP contribution is 2.15. The van der Waals surface area contributed by atoms with E-state index in [-0.39, 0.29) is 0 Å². The van der Waals surface area contributed by atoms with E-state index in [0.717, 1.165) is 29.8 Å². The second kappa shape index (κ2) is 8.57. The zero-order valence-electron chi connectivity index (χ0n) is 13.2. The molecule has 0 atom stereocenters. The molecule has 0 saturated carbocycles. The summed E-state index contributed by atoms with van der Waals surface area (Å²) in [5.74, 6) is 1.49. The Morgan fingerprint density at radius 3 is 2.40 bits per heavy atom. The minimum Gasteiger partial charge on any atom is -0.476 e. The van der Waals surface area contributed by atoms with Crippen molar-refractivity contribution >= 4 is 15.9 Å². The molecule has 0 radical (unpaired) electrons. The molecule has 0 aliphatic carbocycles. The van der Waals surface area contributed by atoms with Crippen LogP contribution in [0.4, 0.5) is 0 Å². The van der Waals surface area contributed by atoms with Crippen LogP contribution in [-0.2, 0) is 6.42 Å². The maximum atomic E-state index is 5.78. The Morgan fingerprint density at radius 1 is 1.20 bits per heavy atom. The van der Waals surface area contributed by atoms with Crippen molar-refractivity contribution in [1.82, 2.24) is 14.9 Å². The third-order valence-corrected chi connectivity index (χ3v) is 3.52. The topological polar surface area (TPSA) is 38.2 Å². The molecule has 1 aromatic rings. The third kappa shape index (κ3) is 5.75. The van der Waals surface area contributed by atoms with Crippen LogP contribution in [0.1, 0.15) is 46.9 Å². The molecule has 0 unspecified atom stereocenters. The van der Waals surface area contributed by atoms with E-state index in [1.807, 2.05) is 6.07 Å². The van der Waals surface area contributed by atoms with Gasteiger partial charge in [-0.1, -0.05) is 6.92 Å². The minimum absolute atomic E-state index is 0.520. The number of rotatable bonds is 8. The van der Waals surface area contributed by atoms with E-state index in [1.165, 1.54) is 0 Å². The molecule has 0 spiro atoms. The third-order valence-electron chi connectivity index (χ3n) is 3.12. The summed E-state index contributed by atoms with van der Waals surface area (Å²) in [6.45, 7) is 12.5. The van der Waals surface area contributed by atoms with Gasteiger partial charge in [0.1, 0.15) is 17.0 Å². The van der Waals surface area contributed by atoms with Gasteiger partial charge in [0.15, 0.2) is 0 Å². The Kier molecular flexibility index (Phi) is 7.45. The van der Waals surface area contributed by atoms with Gasteiger partial charge in [-0.15, -0.1) is 0 Å². The van der Waals surface area contributed by atoms with Gasteiger partial charge in [0, 0.05) is 31.1 Å². The smallest absolute Gasteiger partial charge is 0.217 e. The van der Waals surface area contributed by atoms with Gasteiger partial charge < -0.3 is 4.74 Å². The molecule has 0 fully saturated rings. The molecule has 20 heavy (non-hydrogen) atoms. The van der Waals surface area contributed by atoms with Gasteiger partial charge in [0.05, 0.1) is 0 Å². The van der Waals surface area contributed by atoms with Gasteiger partial charge >= 0.3 is 0 Å². The zero-order valence-corrected chi connectivity index (χ0v) is 14.8.